The van der Waals surface area contributed by atoms with Crippen LogP contribution >= 0.6 is 0 Å². The summed E-state index contributed by atoms with van der Waals surface area (Å²) in [5.74, 6) is 1.53. The van der Waals surface area contributed by atoms with E-state index in [0.717, 1.165) is 42.3 Å². The fourth-order valence-corrected chi connectivity index (χ4v) is 3.31. The van der Waals surface area contributed by atoms with Crippen molar-refractivity contribution in [2.45, 2.75) is 25.8 Å². The number of pyridine rings is 1. The van der Waals surface area contributed by atoms with Crippen molar-refractivity contribution in [3.05, 3.63) is 35.2 Å². The Hall–Kier alpha value is -2.55. The van der Waals surface area contributed by atoms with Crippen molar-refractivity contribution in [1.82, 2.24) is 14.8 Å². The molecule has 6 heteroatoms. The highest BCUT2D eigenvalue weighted by atomic mass is 16.5. The molecule has 6 nitrogen and oxygen atoms in total. The van der Waals surface area contributed by atoms with Gasteiger partial charge in [-0.25, -0.2) is 9.67 Å². The summed E-state index contributed by atoms with van der Waals surface area (Å²) < 4.78 is 7.31. The first-order valence-corrected chi connectivity index (χ1v) is 7.36. The minimum atomic E-state index is 0.144. The Balaban J connectivity index is 2.07. The molecule has 2 aromatic rings. The largest absolute Gasteiger partial charge is 0.481 e. The third kappa shape index (κ3) is 2.19. The summed E-state index contributed by atoms with van der Waals surface area (Å²) in [4.78, 5) is 6.63. The van der Waals surface area contributed by atoms with E-state index in [-0.39, 0.29) is 6.04 Å². The van der Waals surface area contributed by atoms with Crippen LogP contribution in [0, 0.1) is 18.3 Å². The maximum Gasteiger partial charge on any atom is 0.216 e. The topological polar surface area (TPSA) is 67.0 Å². The lowest BCUT2D eigenvalue weighted by atomic mass is 10.0. The maximum atomic E-state index is 9.34. The fourth-order valence-electron chi connectivity index (χ4n) is 3.31. The number of hydrogen-bond donors (Lipinski definition) is 0. The van der Waals surface area contributed by atoms with E-state index in [0.29, 0.717) is 5.56 Å². The minimum absolute atomic E-state index is 0.144. The molecular weight excluding hydrogens is 278 g/mol. The molecule has 0 unspecified atom stereocenters. The van der Waals surface area contributed by atoms with Crippen LogP contribution in [0.4, 0.5) is 5.82 Å². The molecule has 0 N–H and O–H groups in total. The zero-order valence-electron chi connectivity index (χ0n) is 13.1. The average molecular weight is 297 g/mol. The third-order valence-corrected chi connectivity index (χ3v) is 4.17. The molecule has 1 atom stereocenters. The Morgan fingerprint density at radius 2 is 2.27 bits per heavy atom. The summed E-state index contributed by atoms with van der Waals surface area (Å²) >= 11 is 0. The van der Waals surface area contributed by atoms with Crippen LogP contribution in [0.2, 0.25) is 0 Å². The molecule has 114 valence electrons. The molecule has 3 heterocycles. The molecule has 0 amide bonds. The summed E-state index contributed by atoms with van der Waals surface area (Å²) in [5, 5.41) is 13.8. The third-order valence-electron chi connectivity index (χ3n) is 4.17. The molecule has 3 rings (SSSR count). The molecule has 0 saturated carbocycles. The summed E-state index contributed by atoms with van der Waals surface area (Å²) in [6.45, 7) is 2.88. The predicted octanol–water partition coefficient (Wildman–Crippen LogP) is 2.35. The Kier molecular flexibility index (Phi) is 3.72. The highest BCUT2D eigenvalue weighted by molar-refractivity contribution is 5.56. The molecule has 0 aromatic carbocycles. The van der Waals surface area contributed by atoms with E-state index >= 15 is 0 Å². The quantitative estimate of drug-likeness (QED) is 0.870. The number of ether oxygens (including phenoxy) is 1. The molecule has 22 heavy (non-hydrogen) atoms. The van der Waals surface area contributed by atoms with Crippen LogP contribution in [0.15, 0.2) is 18.3 Å². The van der Waals surface area contributed by atoms with Crippen molar-refractivity contribution in [3.8, 4) is 11.9 Å². The maximum absolute atomic E-state index is 9.34. The van der Waals surface area contributed by atoms with Crippen LogP contribution in [-0.4, -0.2) is 28.4 Å². The lowest BCUT2D eigenvalue weighted by Gasteiger charge is -2.26. The summed E-state index contributed by atoms with van der Waals surface area (Å²) in [7, 11) is 3.55. The van der Waals surface area contributed by atoms with Crippen LogP contribution in [0.3, 0.4) is 0 Å². The zero-order chi connectivity index (χ0) is 15.7. The summed E-state index contributed by atoms with van der Waals surface area (Å²) in [6, 6.07) is 5.99. The van der Waals surface area contributed by atoms with Crippen LogP contribution in [0.5, 0.6) is 5.88 Å². The monoisotopic (exact) mass is 297 g/mol. The van der Waals surface area contributed by atoms with E-state index in [4.69, 9.17) is 4.74 Å². The number of aromatic nitrogens is 3. The van der Waals surface area contributed by atoms with E-state index in [1.807, 2.05) is 20.0 Å². The number of hydrogen-bond acceptors (Lipinski definition) is 5. The van der Waals surface area contributed by atoms with Crippen LogP contribution in [-0.2, 0) is 7.05 Å². The Labute approximate surface area is 129 Å². The van der Waals surface area contributed by atoms with Crippen molar-refractivity contribution in [2.75, 3.05) is 18.6 Å². The van der Waals surface area contributed by atoms with E-state index in [1.165, 1.54) is 0 Å². The van der Waals surface area contributed by atoms with Gasteiger partial charge in [-0.1, -0.05) is 0 Å². The van der Waals surface area contributed by atoms with E-state index in [9.17, 15) is 5.26 Å². The molecule has 1 aliphatic heterocycles. The molecule has 0 bridgehead atoms. The molecule has 0 aliphatic carbocycles. The van der Waals surface area contributed by atoms with Gasteiger partial charge in [-0.15, -0.1) is 0 Å². The van der Waals surface area contributed by atoms with Gasteiger partial charge in [0, 0.05) is 19.8 Å². The number of nitrogens with zero attached hydrogens (tertiary/aromatic N) is 5. The molecule has 1 saturated heterocycles. The van der Waals surface area contributed by atoms with Gasteiger partial charge in [-0.05, 0) is 31.9 Å². The van der Waals surface area contributed by atoms with Gasteiger partial charge in [0.1, 0.15) is 11.9 Å². The van der Waals surface area contributed by atoms with Crippen molar-refractivity contribution in [2.24, 2.45) is 7.05 Å². The van der Waals surface area contributed by atoms with Crippen LogP contribution in [0.1, 0.15) is 35.7 Å². The lowest BCUT2D eigenvalue weighted by molar-refractivity contribution is 0.366. The van der Waals surface area contributed by atoms with E-state index in [2.05, 4.69) is 21.1 Å². The number of rotatable bonds is 3. The van der Waals surface area contributed by atoms with Gasteiger partial charge >= 0.3 is 0 Å². The molecule has 0 spiro atoms. The molecule has 1 fully saturated rings. The van der Waals surface area contributed by atoms with Crippen molar-refractivity contribution in [1.29, 1.82) is 5.26 Å². The van der Waals surface area contributed by atoms with Gasteiger partial charge in [0.25, 0.3) is 0 Å². The zero-order valence-corrected chi connectivity index (χ0v) is 13.1. The van der Waals surface area contributed by atoms with Gasteiger partial charge in [-0.3, -0.25) is 0 Å². The second-order valence-electron chi connectivity index (χ2n) is 5.47. The molecular formula is C16H19N5O. The fraction of sp³-hybridized carbons (Fsp3) is 0.438. The number of anilines is 1. The smallest absolute Gasteiger partial charge is 0.216 e. The van der Waals surface area contributed by atoms with Gasteiger partial charge in [0.05, 0.1) is 30.0 Å². The van der Waals surface area contributed by atoms with E-state index in [1.54, 1.807) is 24.1 Å². The van der Waals surface area contributed by atoms with Gasteiger partial charge < -0.3 is 9.64 Å². The van der Waals surface area contributed by atoms with Crippen molar-refractivity contribution >= 4 is 5.82 Å². The standard InChI is InChI=1S/C16H19N5O/c1-11-14(16(22-3)20(2)19-11)13-7-5-9-21(13)15-12(10-17)6-4-8-18-15/h4,6,8,13H,5,7,9H2,1-3H3/t13-/m1/s1. The second kappa shape index (κ2) is 5.68. The molecule has 1 aliphatic rings. The Bertz CT molecular complexity index is 731. The summed E-state index contributed by atoms with van der Waals surface area (Å²) in [5.41, 5.74) is 2.66. The van der Waals surface area contributed by atoms with Gasteiger partial charge in [0.2, 0.25) is 5.88 Å². The van der Waals surface area contributed by atoms with Gasteiger partial charge in [-0.2, -0.15) is 10.4 Å². The summed E-state index contributed by atoms with van der Waals surface area (Å²) in [6.07, 6.45) is 3.80. The first-order valence-electron chi connectivity index (χ1n) is 7.36. The van der Waals surface area contributed by atoms with E-state index < -0.39 is 0 Å². The number of methoxy groups -OCH3 is 1. The van der Waals surface area contributed by atoms with Gasteiger partial charge in [0.15, 0.2) is 0 Å². The Morgan fingerprint density at radius 3 is 3.00 bits per heavy atom. The van der Waals surface area contributed by atoms with Crippen LogP contribution < -0.4 is 9.64 Å². The highest BCUT2D eigenvalue weighted by Crippen LogP contribution is 2.41. The van der Waals surface area contributed by atoms with Crippen molar-refractivity contribution < 1.29 is 4.74 Å². The SMILES string of the molecule is COc1c([C@H]2CCCN2c2ncccc2C#N)c(C)nn1C. The lowest BCUT2D eigenvalue weighted by Crippen LogP contribution is -2.25. The molecule has 0 radical (unpaired) electrons. The van der Waals surface area contributed by atoms with Crippen molar-refractivity contribution in [3.63, 3.8) is 0 Å². The number of aryl methyl sites for hydroxylation is 2. The highest BCUT2D eigenvalue weighted by Gasteiger charge is 2.33. The minimum Gasteiger partial charge on any atom is -0.481 e. The first-order chi connectivity index (χ1) is 10.7. The Morgan fingerprint density at radius 1 is 1.45 bits per heavy atom. The van der Waals surface area contributed by atoms with Crippen LogP contribution in [0.25, 0.3) is 0 Å². The first kappa shape index (κ1) is 14.4. The second-order valence-corrected chi connectivity index (χ2v) is 5.47. The predicted molar refractivity (Wildman–Crippen MR) is 82.8 cm³/mol. The number of nitriles is 1. The molecule has 2 aromatic heterocycles. The average Bonchev–Trinajstić information content (AvgIpc) is 3.10. The normalized spacial score (nSPS) is 17.5.